The van der Waals surface area contributed by atoms with Crippen LogP contribution in [0.25, 0.3) is 10.8 Å². The van der Waals surface area contributed by atoms with E-state index in [1.54, 1.807) is 7.11 Å². The van der Waals surface area contributed by atoms with Crippen LogP contribution in [0.1, 0.15) is 22.6 Å². The van der Waals surface area contributed by atoms with Gasteiger partial charge in [-0.1, -0.05) is 54.1 Å². The number of methoxy groups -OCH3 is 1. The standard InChI is InChI=1S/C28H20ClN3O2/c1-33-21-13-11-20(12-14-21)32-27-26-24(18-6-9-19(29)10-7-18)25-22-5-3-2-4-17(22)8-15-23(25)34-28(26)31-16-30-27/h2-16,24H,1H3,(H,30,31,32). The van der Waals surface area contributed by atoms with Gasteiger partial charge < -0.3 is 14.8 Å². The van der Waals surface area contributed by atoms with Crippen LogP contribution in [0.5, 0.6) is 17.4 Å². The Bertz CT molecular complexity index is 1500. The van der Waals surface area contributed by atoms with Crippen molar-refractivity contribution in [2.75, 3.05) is 12.4 Å². The summed E-state index contributed by atoms with van der Waals surface area (Å²) in [5, 5.41) is 6.43. The highest BCUT2D eigenvalue weighted by Gasteiger charge is 2.34. The second-order valence-corrected chi connectivity index (χ2v) is 8.52. The monoisotopic (exact) mass is 465 g/mol. The lowest BCUT2D eigenvalue weighted by molar-refractivity contribution is 0.415. The Morgan fingerprint density at radius 1 is 0.853 bits per heavy atom. The molecule has 0 radical (unpaired) electrons. The number of anilines is 2. The summed E-state index contributed by atoms with van der Waals surface area (Å²) < 4.78 is 11.6. The van der Waals surface area contributed by atoms with Crippen molar-refractivity contribution in [3.63, 3.8) is 0 Å². The first-order valence-electron chi connectivity index (χ1n) is 10.9. The van der Waals surface area contributed by atoms with Crippen LogP contribution in [0.3, 0.4) is 0 Å². The predicted molar refractivity (Wildman–Crippen MR) is 135 cm³/mol. The van der Waals surface area contributed by atoms with E-state index < -0.39 is 0 Å². The van der Waals surface area contributed by atoms with Gasteiger partial charge in [-0.25, -0.2) is 9.97 Å². The molecule has 1 unspecified atom stereocenters. The number of hydrogen-bond acceptors (Lipinski definition) is 5. The molecule has 2 heterocycles. The molecule has 0 saturated heterocycles. The maximum absolute atomic E-state index is 6.34. The van der Waals surface area contributed by atoms with E-state index in [-0.39, 0.29) is 5.92 Å². The van der Waals surface area contributed by atoms with Gasteiger partial charge in [-0.15, -0.1) is 0 Å². The predicted octanol–water partition coefficient (Wildman–Crippen LogP) is 7.32. The molecule has 0 saturated carbocycles. The average molecular weight is 466 g/mol. The Morgan fingerprint density at radius 2 is 1.65 bits per heavy atom. The van der Waals surface area contributed by atoms with Crippen molar-refractivity contribution in [3.8, 4) is 17.4 Å². The quantitative estimate of drug-likeness (QED) is 0.295. The fourth-order valence-electron chi connectivity index (χ4n) is 4.53. The van der Waals surface area contributed by atoms with Crippen LogP contribution in [0, 0.1) is 0 Å². The molecule has 5 aromatic rings. The number of fused-ring (bicyclic) bond motifs is 4. The molecule has 6 heteroatoms. The summed E-state index contributed by atoms with van der Waals surface area (Å²) in [6.45, 7) is 0. The number of benzene rings is 4. The smallest absolute Gasteiger partial charge is 0.228 e. The highest BCUT2D eigenvalue weighted by Crippen LogP contribution is 2.51. The number of aromatic nitrogens is 2. The normalized spacial score (nSPS) is 14.1. The maximum Gasteiger partial charge on any atom is 0.228 e. The van der Waals surface area contributed by atoms with Gasteiger partial charge in [-0.3, -0.25) is 0 Å². The van der Waals surface area contributed by atoms with Gasteiger partial charge in [-0.2, -0.15) is 0 Å². The molecule has 5 nitrogen and oxygen atoms in total. The van der Waals surface area contributed by atoms with E-state index in [0.717, 1.165) is 44.6 Å². The molecule has 0 spiro atoms. The lowest BCUT2D eigenvalue weighted by Gasteiger charge is -2.30. The highest BCUT2D eigenvalue weighted by molar-refractivity contribution is 6.30. The molecule has 1 aliphatic rings. The van der Waals surface area contributed by atoms with Crippen LogP contribution >= 0.6 is 11.6 Å². The number of hydrogen-bond donors (Lipinski definition) is 1. The van der Waals surface area contributed by atoms with Crippen molar-refractivity contribution in [2.45, 2.75) is 5.92 Å². The number of rotatable bonds is 4. The first-order valence-corrected chi connectivity index (χ1v) is 11.3. The number of ether oxygens (including phenoxy) is 2. The van der Waals surface area contributed by atoms with Gasteiger partial charge in [0.1, 0.15) is 23.6 Å². The Morgan fingerprint density at radius 3 is 2.44 bits per heavy atom. The zero-order valence-electron chi connectivity index (χ0n) is 18.3. The van der Waals surface area contributed by atoms with Crippen LogP contribution in [0.15, 0.2) is 91.3 Å². The molecule has 6 rings (SSSR count). The number of halogens is 1. The topological polar surface area (TPSA) is 56.3 Å². The van der Waals surface area contributed by atoms with E-state index in [4.69, 9.17) is 21.1 Å². The average Bonchev–Trinajstić information content (AvgIpc) is 2.88. The zero-order chi connectivity index (χ0) is 23.1. The third-order valence-corrected chi connectivity index (χ3v) is 6.37. The Kier molecular flexibility index (Phi) is 5.04. The minimum Gasteiger partial charge on any atom is -0.497 e. The van der Waals surface area contributed by atoms with Gasteiger partial charge in [0.15, 0.2) is 0 Å². The van der Waals surface area contributed by atoms with Crippen LogP contribution in [0.4, 0.5) is 11.5 Å². The van der Waals surface area contributed by atoms with Crippen molar-refractivity contribution >= 4 is 33.9 Å². The molecule has 1 N–H and O–H groups in total. The molecule has 1 aliphatic heterocycles. The molecular formula is C28H20ClN3O2. The second kappa shape index (κ2) is 8.36. The minimum absolute atomic E-state index is 0.149. The first-order chi connectivity index (χ1) is 16.7. The molecule has 0 fully saturated rings. The fourth-order valence-corrected chi connectivity index (χ4v) is 4.66. The van der Waals surface area contributed by atoms with E-state index in [0.29, 0.717) is 16.7 Å². The van der Waals surface area contributed by atoms with E-state index in [1.165, 1.54) is 6.33 Å². The van der Waals surface area contributed by atoms with E-state index in [2.05, 4.69) is 51.7 Å². The minimum atomic E-state index is -0.149. The number of nitrogens with zero attached hydrogens (tertiary/aromatic N) is 2. The summed E-state index contributed by atoms with van der Waals surface area (Å²) in [5.74, 6) is 2.66. The summed E-state index contributed by atoms with van der Waals surface area (Å²) in [6, 6.07) is 28.1. The third-order valence-electron chi connectivity index (χ3n) is 6.12. The van der Waals surface area contributed by atoms with Crippen LogP contribution < -0.4 is 14.8 Å². The van der Waals surface area contributed by atoms with Crippen molar-refractivity contribution in [1.29, 1.82) is 0 Å². The van der Waals surface area contributed by atoms with Gasteiger partial charge in [0.25, 0.3) is 0 Å². The van der Waals surface area contributed by atoms with E-state index in [9.17, 15) is 0 Å². The molecule has 0 bridgehead atoms. The summed E-state index contributed by atoms with van der Waals surface area (Å²) in [6.07, 6.45) is 1.52. The molecular weight excluding hydrogens is 446 g/mol. The van der Waals surface area contributed by atoms with E-state index >= 15 is 0 Å². The Labute approximate surface area is 202 Å². The van der Waals surface area contributed by atoms with Crippen LogP contribution in [-0.4, -0.2) is 17.1 Å². The molecule has 0 amide bonds. The summed E-state index contributed by atoms with van der Waals surface area (Å²) in [7, 11) is 1.65. The molecule has 166 valence electrons. The van der Waals surface area contributed by atoms with Gasteiger partial charge in [-0.05, 0) is 58.8 Å². The fraction of sp³-hybridized carbons (Fsp3) is 0.0714. The largest absolute Gasteiger partial charge is 0.497 e. The summed E-state index contributed by atoms with van der Waals surface area (Å²) >= 11 is 6.24. The molecule has 34 heavy (non-hydrogen) atoms. The second-order valence-electron chi connectivity index (χ2n) is 8.08. The third kappa shape index (κ3) is 3.51. The molecule has 1 atom stereocenters. The summed E-state index contributed by atoms with van der Waals surface area (Å²) in [5.41, 5.74) is 3.93. The van der Waals surface area contributed by atoms with Crippen LogP contribution in [0.2, 0.25) is 5.02 Å². The van der Waals surface area contributed by atoms with Crippen molar-refractivity contribution in [1.82, 2.24) is 9.97 Å². The molecule has 0 aliphatic carbocycles. The Hall–Kier alpha value is -4.09. The van der Waals surface area contributed by atoms with Gasteiger partial charge >= 0.3 is 0 Å². The molecule has 4 aromatic carbocycles. The summed E-state index contributed by atoms with van der Waals surface area (Å²) in [4.78, 5) is 9.12. The molecule has 1 aromatic heterocycles. The maximum atomic E-state index is 6.34. The van der Waals surface area contributed by atoms with E-state index in [1.807, 2.05) is 48.5 Å². The zero-order valence-corrected chi connectivity index (χ0v) is 19.1. The van der Waals surface area contributed by atoms with Gasteiger partial charge in [0.2, 0.25) is 5.88 Å². The Balaban J connectivity index is 1.57. The lowest BCUT2D eigenvalue weighted by atomic mass is 9.81. The van der Waals surface area contributed by atoms with Crippen molar-refractivity contribution in [3.05, 3.63) is 113 Å². The van der Waals surface area contributed by atoms with Crippen LogP contribution in [-0.2, 0) is 0 Å². The number of nitrogens with one attached hydrogen (secondary N) is 1. The highest BCUT2D eigenvalue weighted by atomic mass is 35.5. The first kappa shape index (κ1) is 20.5. The SMILES string of the molecule is COc1ccc(Nc2ncnc3c2C(c2ccc(Cl)cc2)c2c(ccc4ccccc24)O3)cc1. The van der Waals surface area contributed by atoms with Gasteiger partial charge in [0, 0.05) is 22.2 Å². The lowest BCUT2D eigenvalue weighted by Crippen LogP contribution is -2.16. The van der Waals surface area contributed by atoms with Crippen molar-refractivity contribution in [2.24, 2.45) is 0 Å². The van der Waals surface area contributed by atoms with Crippen molar-refractivity contribution < 1.29 is 9.47 Å². The van der Waals surface area contributed by atoms with Gasteiger partial charge in [0.05, 0.1) is 12.7 Å².